The third kappa shape index (κ3) is 2.81. The van der Waals surface area contributed by atoms with Crippen LogP contribution in [-0.4, -0.2) is 20.7 Å². The molecule has 0 aliphatic heterocycles. The van der Waals surface area contributed by atoms with Crippen LogP contribution in [0.2, 0.25) is 5.15 Å². The van der Waals surface area contributed by atoms with Gasteiger partial charge in [0.15, 0.2) is 0 Å². The van der Waals surface area contributed by atoms with E-state index in [1.54, 1.807) is 6.07 Å². The van der Waals surface area contributed by atoms with Gasteiger partial charge in [-0.1, -0.05) is 11.6 Å². The first-order valence-corrected chi connectivity index (χ1v) is 9.21. The van der Waals surface area contributed by atoms with Crippen LogP contribution in [0.3, 0.4) is 0 Å². The summed E-state index contributed by atoms with van der Waals surface area (Å²) in [4.78, 5) is 21.6. The first-order valence-electron chi connectivity index (χ1n) is 7.95. The number of hydrogen-bond acceptors (Lipinski definition) is 4. The van der Waals surface area contributed by atoms with Crippen LogP contribution in [-0.2, 0) is 0 Å². The summed E-state index contributed by atoms with van der Waals surface area (Å²) < 4.78 is 40.5. The van der Waals surface area contributed by atoms with E-state index in [0.717, 1.165) is 5.56 Å². The molecule has 0 amide bonds. The number of nitrogens with zero attached hydrogens (tertiary/aromatic N) is 3. The predicted molar refractivity (Wildman–Crippen MR) is 94.3 cm³/mol. The minimum Gasteiger partial charge on any atom is -0.267 e. The highest BCUT2D eigenvalue weighted by Crippen LogP contribution is 2.49. The number of aryl methyl sites for hydroxylation is 1. The molecule has 0 radical (unpaired) electrons. The minimum atomic E-state index is -4.22. The van der Waals surface area contributed by atoms with Crippen molar-refractivity contribution in [2.75, 3.05) is 0 Å². The van der Waals surface area contributed by atoms with E-state index in [1.165, 1.54) is 28.2 Å². The summed E-state index contributed by atoms with van der Waals surface area (Å²) in [7, 11) is 0. The van der Waals surface area contributed by atoms with Gasteiger partial charge in [-0.25, -0.2) is 9.97 Å². The smallest absolute Gasteiger partial charge is 0.267 e. The van der Waals surface area contributed by atoms with Gasteiger partial charge in [-0.15, -0.1) is 11.3 Å². The number of rotatable bonds is 2. The zero-order valence-electron chi connectivity index (χ0n) is 13.5. The van der Waals surface area contributed by atoms with Gasteiger partial charge in [-0.2, -0.15) is 13.2 Å². The number of fused-ring (bicyclic) bond motifs is 1. The molecule has 0 aromatic carbocycles. The summed E-state index contributed by atoms with van der Waals surface area (Å²) in [6, 6.07) is 3.16. The van der Waals surface area contributed by atoms with Gasteiger partial charge < -0.3 is 0 Å². The second-order valence-electron chi connectivity index (χ2n) is 6.45. The lowest BCUT2D eigenvalue weighted by atomic mass is 9.74. The van der Waals surface area contributed by atoms with Crippen molar-refractivity contribution in [3.8, 4) is 5.69 Å². The molecule has 1 aliphatic carbocycles. The van der Waals surface area contributed by atoms with Gasteiger partial charge in [0.05, 0.1) is 23.3 Å². The van der Waals surface area contributed by atoms with Crippen molar-refractivity contribution in [3.63, 3.8) is 0 Å². The molecule has 26 heavy (non-hydrogen) atoms. The summed E-state index contributed by atoms with van der Waals surface area (Å²) in [6.07, 6.45) is -2.91. The largest absolute Gasteiger partial charge is 0.391 e. The molecule has 1 aliphatic rings. The van der Waals surface area contributed by atoms with Crippen LogP contribution in [0.5, 0.6) is 0 Å². The second-order valence-corrected chi connectivity index (χ2v) is 7.72. The molecule has 0 saturated heterocycles. The second kappa shape index (κ2) is 6.06. The molecule has 1 fully saturated rings. The molecule has 3 aromatic rings. The van der Waals surface area contributed by atoms with Crippen molar-refractivity contribution >= 4 is 33.2 Å². The van der Waals surface area contributed by atoms with Crippen LogP contribution < -0.4 is 5.56 Å². The van der Waals surface area contributed by atoms with Crippen molar-refractivity contribution in [2.45, 2.75) is 31.9 Å². The van der Waals surface area contributed by atoms with E-state index in [4.69, 9.17) is 11.6 Å². The Bertz CT molecular complexity index is 1040. The third-order valence-corrected chi connectivity index (χ3v) is 6.03. The molecule has 1 saturated carbocycles. The first kappa shape index (κ1) is 17.5. The monoisotopic (exact) mass is 399 g/mol. The summed E-state index contributed by atoms with van der Waals surface area (Å²) >= 11 is 7.09. The predicted octanol–water partition coefficient (Wildman–Crippen LogP) is 4.86. The number of aromatic nitrogens is 3. The van der Waals surface area contributed by atoms with Crippen LogP contribution in [0.4, 0.5) is 13.2 Å². The van der Waals surface area contributed by atoms with Gasteiger partial charge in [-0.3, -0.25) is 9.36 Å². The fourth-order valence-corrected chi connectivity index (χ4v) is 4.25. The number of hydrogen-bond donors (Lipinski definition) is 0. The standard InChI is InChI=1S/C17H13ClF3N3OS/c1-8-7-26-14-13(8)23-15(9-4-10(5-9)17(19,20)21)24(16(14)25)11-2-3-12(18)22-6-11/h2-3,6-7,9-10H,4-5H2,1H3. The number of alkyl halides is 3. The van der Waals surface area contributed by atoms with Crippen LogP contribution in [0.25, 0.3) is 15.9 Å². The Morgan fingerprint density at radius 3 is 2.65 bits per heavy atom. The molecule has 0 spiro atoms. The maximum absolute atomic E-state index is 13.0. The fourth-order valence-electron chi connectivity index (χ4n) is 3.22. The molecular formula is C17H13ClF3N3OS. The average Bonchev–Trinajstić information content (AvgIpc) is 2.88. The topological polar surface area (TPSA) is 47.8 Å². The van der Waals surface area contributed by atoms with E-state index in [1.807, 2.05) is 12.3 Å². The van der Waals surface area contributed by atoms with Crippen LogP contribution in [0.15, 0.2) is 28.5 Å². The summed E-state index contributed by atoms with van der Waals surface area (Å²) in [5.41, 5.74) is 1.56. The van der Waals surface area contributed by atoms with Gasteiger partial charge in [0.25, 0.3) is 5.56 Å². The Balaban J connectivity index is 1.87. The Morgan fingerprint density at radius 1 is 1.31 bits per heavy atom. The Labute approximate surface area is 155 Å². The van der Waals surface area contributed by atoms with Crippen molar-refractivity contribution < 1.29 is 13.2 Å². The van der Waals surface area contributed by atoms with E-state index >= 15 is 0 Å². The summed E-state index contributed by atoms with van der Waals surface area (Å²) in [5.74, 6) is -1.41. The Hall–Kier alpha value is -1.93. The van der Waals surface area contributed by atoms with E-state index < -0.39 is 18.0 Å². The number of pyridine rings is 1. The molecule has 0 bridgehead atoms. The molecule has 136 valence electrons. The Morgan fingerprint density at radius 2 is 2.04 bits per heavy atom. The van der Waals surface area contributed by atoms with Crippen molar-refractivity contribution in [2.24, 2.45) is 5.92 Å². The lowest BCUT2D eigenvalue weighted by Gasteiger charge is -2.36. The number of thiophene rings is 1. The van der Waals surface area contributed by atoms with Gasteiger partial charge in [0, 0.05) is 5.92 Å². The molecule has 3 heterocycles. The maximum atomic E-state index is 13.0. The Kier molecular flexibility index (Phi) is 4.07. The zero-order valence-corrected chi connectivity index (χ0v) is 15.1. The zero-order chi connectivity index (χ0) is 18.6. The van der Waals surface area contributed by atoms with Crippen LogP contribution >= 0.6 is 22.9 Å². The van der Waals surface area contributed by atoms with E-state index in [-0.39, 0.29) is 23.6 Å². The van der Waals surface area contributed by atoms with E-state index in [0.29, 0.717) is 21.7 Å². The molecule has 0 atom stereocenters. The van der Waals surface area contributed by atoms with Gasteiger partial charge in [0.2, 0.25) is 0 Å². The van der Waals surface area contributed by atoms with E-state index in [9.17, 15) is 18.0 Å². The fraction of sp³-hybridized carbons (Fsp3) is 0.353. The summed E-state index contributed by atoms with van der Waals surface area (Å²) in [6.45, 7) is 1.84. The van der Waals surface area contributed by atoms with Crippen LogP contribution in [0.1, 0.15) is 30.1 Å². The first-order chi connectivity index (χ1) is 12.3. The average molecular weight is 400 g/mol. The normalized spacial score (nSPS) is 20.3. The van der Waals surface area contributed by atoms with Gasteiger partial charge in [0.1, 0.15) is 15.7 Å². The lowest BCUT2D eigenvalue weighted by molar-refractivity contribution is -0.198. The minimum absolute atomic E-state index is 0.0638. The van der Waals surface area contributed by atoms with Crippen molar-refractivity contribution in [1.29, 1.82) is 0 Å². The molecule has 9 heteroatoms. The molecule has 3 aromatic heterocycles. The van der Waals surface area contributed by atoms with Gasteiger partial charge >= 0.3 is 6.18 Å². The highest BCUT2D eigenvalue weighted by atomic mass is 35.5. The quantitative estimate of drug-likeness (QED) is 0.578. The third-order valence-electron chi connectivity index (χ3n) is 4.73. The highest BCUT2D eigenvalue weighted by Gasteiger charge is 2.49. The molecule has 4 rings (SSSR count). The SMILES string of the molecule is Cc1csc2c(=O)n(-c3ccc(Cl)nc3)c(C3CC(C(F)(F)F)C3)nc12. The number of halogens is 4. The van der Waals surface area contributed by atoms with Crippen molar-refractivity contribution in [1.82, 2.24) is 14.5 Å². The highest BCUT2D eigenvalue weighted by molar-refractivity contribution is 7.17. The molecule has 4 nitrogen and oxygen atoms in total. The molecule has 0 N–H and O–H groups in total. The molecule has 0 unspecified atom stereocenters. The van der Waals surface area contributed by atoms with E-state index in [2.05, 4.69) is 9.97 Å². The summed E-state index contributed by atoms with van der Waals surface area (Å²) in [5, 5.41) is 2.09. The van der Waals surface area contributed by atoms with Gasteiger partial charge in [-0.05, 0) is 42.8 Å². The van der Waals surface area contributed by atoms with Crippen LogP contribution in [0, 0.1) is 12.8 Å². The maximum Gasteiger partial charge on any atom is 0.391 e. The molecular weight excluding hydrogens is 387 g/mol. The van der Waals surface area contributed by atoms with Crippen molar-refractivity contribution in [3.05, 3.63) is 50.6 Å². The lowest BCUT2D eigenvalue weighted by Crippen LogP contribution is -2.37.